The predicted octanol–water partition coefficient (Wildman–Crippen LogP) is 2.51. The van der Waals surface area contributed by atoms with Crippen molar-refractivity contribution in [2.45, 2.75) is 63.6 Å². The Hall–Kier alpha value is -7.29. The molecule has 0 aromatic heterocycles. The van der Waals surface area contributed by atoms with Crippen LogP contribution in [-0.2, 0) is 24.0 Å². The Balaban J connectivity index is 1.27. The smallest absolute Gasteiger partial charge is 0.336 e. The molecule has 2 aliphatic rings. The first-order valence-corrected chi connectivity index (χ1v) is 18.7. The molecule has 4 rings (SSSR count). The normalized spacial score (nSPS) is 12.3. The summed E-state index contributed by atoms with van der Waals surface area (Å²) < 4.78 is 5.85. The maximum atomic E-state index is 12.5. The van der Waals surface area contributed by atoms with E-state index in [0.717, 1.165) is 0 Å². The number of urea groups is 1. The van der Waals surface area contributed by atoms with E-state index in [0.29, 0.717) is 16.5 Å². The highest BCUT2D eigenvalue weighted by Gasteiger charge is 2.25. The maximum absolute atomic E-state index is 12.5. The van der Waals surface area contributed by atoms with Crippen LogP contribution in [0.25, 0.3) is 33.4 Å². The van der Waals surface area contributed by atoms with Crippen LogP contribution in [0, 0.1) is 0 Å². The van der Waals surface area contributed by atoms with E-state index in [2.05, 4.69) is 31.9 Å². The zero-order valence-corrected chi connectivity index (χ0v) is 32.7. The van der Waals surface area contributed by atoms with Gasteiger partial charge in [-0.1, -0.05) is 6.07 Å². The molecule has 3 atom stereocenters. The van der Waals surface area contributed by atoms with Gasteiger partial charge >= 0.3 is 29.9 Å². The van der Waals surface area contributed by atoms with E-state index in [1.807, 2.05) is 0 Å². The van der Waals surface area contributed by atoms with Crippen LogP contribution in [-0.4, -0.2) is 104 Å². The first-order valence-electron chi connectivity index (χ1n) is 18.3. The quantitative estimate of drug-likeness (QED) is 0.0346. The van der Waals surface area contributed by atoms with Gasteiger partial charge in [-0.05, 0) is 80.4 Å². The number of amides is 4. The van der Waals surface area contributed by atoms with Gasteiger partial charge in [-0.2, -0.15) is 0 Å². The van der Waals surface area contributed by atoms with Gasteiger partial charge in [0.1, 0.15) is 29.2 Å². The lowest BCUT2D eigenvalue weighted by Crippen LogP contribution is -2.48. The summed E-state index contributed by atoms with van der Waals surface area (Å²) in [6.07, 6.45) is -1.09. The monoisotopic (exact) mass is 850 g/mol. The molecule has 60 heavy (non-hydrogen) atoms. The average molecular weight is 851 g/mol. The number of phenolic OH excluding ortho intramolecular Hbond substituents is 1. The fourth-order valence-electron chi connectivity index (χ4n) is 5.97. The Labute approximate surface area is 345 Å². The van der Waals surface area contributed by atoms with Crippen LogP contribution in [0.15, 0.2) is 63.8 Å². The highest BCUT2D eigenvalue weighted by Crippen LogP contribution is 2.42. The van der Waals surface area contributed by atoms with Crippen molar-refractivity contribution >= 4 is 75.7 Å². The fraction of sp³-hybridized carbons (Fsp3) is 0.308. The number of rotatable bonds is 20. The molecule has 0 bridgehead atoms. The molecule has 318 valence electrons. The number of fused-ring (bicyclic) bond motifs is 2. The second kappa shape index (κ2) is 20.9. The van der Waals surface area contributed by atoms with E-state index in [1.54, 1.807) is 13.0 Å². The van der Waals surface area contributed by atoms with E-state index in [-0.39, 0.29) is 96.1 Å². The second-order valence-corrected chi connectivity index (χ2v) is 13.9. The summed E-state index contributed by atoms with van der Waals surface area (Å²) in [6, 6.07) is 8.55. The van der Waals surface area contributed by atoms with Crippen LogP contribution in [0.1, 0.15) is 55.8 Å². The van der Waals surface area contributed by atoms with Crippen molar-refractivity contribution in [1.82, 2.24) is 26.6 Å². The lowest BCUT2D eigenvalue weighted by atomic mass is 9.90. The molecule has 2 aromatic carbocycles. The molecule has 1 aliphatic carbocycles. The molecule has 2 aromatic rings. The molecule has 20 nitrogen and oxygen atoms in total. The highest BCUT2D eigenvalue weighted by atomic mass is 32.1. The Morgan fingerprint density at radius 1 is 0.717 bits per heavy atom. The first kappa shape index (κ1) is 45.4. The van der Waals surface area contributed by atoms with Gasteiger partial charge in [-0.25, -0.2) is 19.2 Å². The number of hydrogen-bond acceptors (Lipinski definition) is 11. The van der Waals surface area contributed by atoms with E-state index in [4.69, 9.17) is 21.7 Å². The summed E-state index contributed by atoms with van der Waals surface area (Å²) in [4.78, 5) is 95.7. The van der Waals surface area contributed by atoms with Crippen LogP contribution >= 0.6 is 12.2 Å². The van der Waals surface area contributed by atoms with E-state index in [1.165, 1.54) is 48.5 Å². The molecule has 0 spiro atoms. The van der Waals surface area contributed by atoms with Gasteiger partial charge in [0.2, 0.25) is 11.8 Å². The van der Waals surface area contributed by atoms with E-state index < -0.39 is 59.8 Å². The van der Waals surface area contributed by atoms with Crippen molar-refractivity contribution in [3.63, 3.8) is 0 Å². The van der Waals surface area contributed by atoms with Gasteiger partial charge in [0.05, 0.1) is 5.56 Å². The Morgan fingerprint density at radius 2 is 1.33 bits per heavy atom. The molecule has 0 radical (unpaired) electrons. The van der Waals surface area contributed by atoms with Crippen molar-refractivity contribution in [2.75, 3.05) is 18.4 Å². The molecule has 21 heteroatoms. The van der Waals surface area contributed by atoms with E-state index >= 15 is 0 Å². The Bertz CT molecular complexity index is 2330. The third-order valence-electron chi connectivity index (χ3n) is 8.92. The van der Waals surface area contributed by atoms with Crippen LogP contribution in [0.5, 0.6) is 5.75 Å². The number of carboxylic acids is 4. The minimum Gasteiger partial charge on any atom is -0.508 e. The van der Waals surface area contributed by atoms with Crippen LogP contribution in [0.2, 0.25) is 0 Å². The van der Waals surface area contributed by atoms with Crippen molar-refractivity contribution in [3.05, 3.63) is 70.4 Å². The molecular weight excluding hydrogens is 809 g/mol. The van der Waals surface area contributed by atoms with Crippen molar-refractivity contribution in [1.29, 1.82) is 0 Å². The number of phenols is 1. The van der Waals surface area contributed by atoms with Crippen molar-refractivity contribution in [2.24, 2.45) is 0 Å². The molecule has 0 saturated heterocycles. The summed E-state index contributed by atoms with van der Waals surface area (Å²) in [5, 5.41) is 63.5. The number of anilines is 1. The van der Waals surface area contributed by atoms with Crippen LogP contribution < -0.4 is 37.3 Å². The van der Waals surface area contributed by atoms with Gasteiger partial charge in [0.15, 0.2) is 10.5 Å². The number of nitrogens with one attached hydrogen (secondary N) is 6. The average Bonchev–Trinajstić information content (AvgIpc) is 3.17. The summed E-state index contributed by atoms with van der Waals surface area (Å²) in [5.41, 5.74) is 0.979. The van der Waals surface area contributed by atoms with Gasteiger partial charge < -0.3 is 61.9 Å². The third-order valence-corrected chi connectivity index (χ3v) is 9.14. The number of hydrogen-bond donors (Lipinski definition) is 11. The number of aliphatic carboxylic acids is 3. The SMILES string of the molecule is C[C@H](CCC(=O)O)NC(=O)N[C@@H](CCC(=O)NCCNC(=O)CC[C@H](NC(=S)Nc1ccc(-c2c3ccc(=O)cc-3oc3cc(O)ccc23)c(C(=O)O)c1)C(=O)O)C(=O)O. The molecular formula is C39H42N6O14S. The second-order valence-electron chi connectivity index (χ2n) is 13.5. The van der Waals surface area contributed by atoms with Gasteiger partial charge in [0, 0.05) is 72.7 Å². The maximum Gasteiger partial charge on any atom is 0.336 e. The number of benzene rings is 3. The molecule has 0 fully saturated rings. The van der Waals surface area contributed by atoms with E-state index in [9.17, 15) is 58.8 Å². The van der Waals surface area contributed by atoms with Crippen molar-refractivity contribution in [3.8, 4) is 28.2 Å². The lowest BCUT2D eigenvalue weighted by Gasteiger charge is -2.19. The van der Waals surface area contributed by atoms with Gasteiger partial charge in [0.25, 0.3) is 0 Å². The zero-order chi connectivity index (χ0) is 44.1. The third kappa shape index (κ3) is 13.1. The summed E-state index contributed by atoms with van der Waals surface area (Å²) in [6.45, 7) is 1.47. The molecule has 1 heterocycles. The zero-order valence-electron chi connectivity index (χ0n) is 31.9. The fourth-order valence-corrected chi connectivity index (χ4v) is 6.23. The first-order chi connectivity index (χ1) is 28.4. The number of aromatic hydroxyl groups is 1. The standard InChI is InChI=1S/C39H42N6O14S/c1-19(2-13-33(50)51)42-38(58)44-27(36(54)55)9-11-31(48)40-14-15-41-32(49)12-10-28(37(56)57)45-39(60)43-20-3-6-23(26(16-20)35(52)53)34-24-7-4-21(46)17-29(24)59-30-18-22(47)5-8-25(30)34/h3-8,16-19,27-28,46H,2,9-15H2,1H3,(H,40,48)(H,41,49)(H,50,51)(H,52,53)(H,54,55)(H,56,57)(H2,42,44,58)(H2,43,45,60)/t19-,27+,28+/m1/s1. The molecule has 0 saturated carbocycles. The molecule has 1 aliphatic heterocycles. The Morgan fingerprint density at radius 3 is 1.93 bits per heavy atom. The molecule has 11 N–H and O–H groups in total. The number of aromatic carboxylic acids is 1. The van der Waals surface area contributed by atoms with Crippen LogP contribution in [0.3, 0.4) is 0 Å². The van der Waals surface area contributed by atoms with Crippen LogP contribution in [0.4, 0.5) is 10.5 Å². The number of carbonyl (C=O) groups is 7. The topological polar surface area (TPSA) is 323 Å². The van der Waals surface area contributed by atoms with Crippen molar-refractivity contribution < 1.29 is 63.5 Å². The number of carboxylic acid groups (broad SMARTS) is 4. The predicted molar refractivity (Wildman–Crippen MR) is 218 cm³/mol. The van der Waals surface area contributed by atoms with Gasteiger partial charge in [-0.3, -0.25) is 19.2 Å². The number of thiocarbonyl (C=S) groups is 1. The lowest BCUT2D eigenvalue weighted by molar-refractivity contribution is -0.140. The molecule has 4 amide bonds. The summed E-state index contributed by atoms with van der Waals surface area (Å²) in [7, 11) is 0. The highest BCUT2D eigenvalue weighted by molar-refractivity contribution is 7.80. The Kier molecular flexibility index (Phi) is 15.8. The summed E-state index contributed by atoms with van der Waals surface area (Å²) >= 11 is 5.30. The van der Waals surface area contributed by atoms with Gasteiger partial charge in [-0.15, -0.1) is 0 Å². The minimum atomic E-state index is -1.41. The number of carbonyl (C=O) groups excluding carboxylic acids is 3. The molecule has 0 unspecified atom stereocenters. The minimum absolute atomic E-state index is 0.0413. The largest absolute Gasteiger partial charge is 0.508 e. The summed E-state index contributed by atoms with van der Waals surface area (Å²) in [5.74, 6) is -6.13.